The molecule has 2 aliphatic carbocycles. The molecule has 0 aromatic heterocycles. The van der Waals surface area contributed by atoms with Crippen molar-refractivity contribution in [1.82, 2.24) is 4.90 Å². The number of rotatable bonds is 5. The summed E-state index contributed by atoms with van der Waals surface area (Å²) in [5, 5.41) is 5.43. The average molecular weight is 434 g/mol. The van der Waals surface area contributed by atoms with E-state index >= 15 is 0 Å². The number of hydrogen-bond acceptors (Lipinski definition) is 2. The minimum absolute atomic E-state index is 0.274. The van der Waals surface area contributed by atoms with Gasteiger partial charge in [0, 0.05) is 12.5 Å². The first-order valence-electron chi connectivity index (χ1n) is 12.4. The number of likely N-dealkylation sites (tertiary alicyclic amines) is 1. The van der Waals surface area contributed by atoms with Gasteiger partial charge in [-0.2, -0.15) is 0 Å². The Labute approximate surface area is 195 Å². The van der Waals surface area contributed by atoms with Crippen molar-refractivity contribution in [3.63, 3.8) is 0 Å². The van der Waals surface area contributed by atoms with Gasteiger partial charge >= 0.3 is 0 Å². The van der Waals surface area contributed by atoms with Crippen molar-refractivity contribution >= 4 is 12.2 Å². The van der Waals surface area contributed by atoms with E-state index in [1.54, 1.807) is 0 Å². The second-order valence-electron chi connectivity index (χ2n) is 9.48. The molecule has 6 rings (SSSR count). The lowest BCUT2D eigenvalue weighted by Gasteiger charge is -2.26. The lowest BCUT2D eigenvalue weighted by Crippen LogP contribution is -2.33. The van der Waals surface area contributed by atoms with Crippen molar-refractivity contribution in [1.29, 1.82) is 0 Å². The lowest BCUT2D eigenvalue weighted by atomic mass is 9.84. The number of hydrogen-bond donors (Lipinski definition) is 0. The zero-order valence-corrected chi connectivity index (χ0v) is 19.2. The second kappa shape index (κ2) is 9.03. The Kier molecular flexibility index (Phi) is 5.61. The number of ether oxygens (including phenoxy) is 1. The molecule has 3 aliphatic rings. The van der Waals surface area contributed by atoms with Gasteiger partial charge in [0.2, 0.25) is 0 Å². The number of nitrogens with zero attached hydrogens (tertiary/aromatic N) is 1. The van der Waals surface area contributed by atoms with Crippen molar-refractivity contribution in [3.8, 4) is 5.75 Å². The van der Waals surface area contributed by atoms with Gasteiger partial charge in [-0.25, -0.2) is 0 Å². The normalized spacial score (nSPS) is 19.0. The molecule has 1 atom stereocenters. The Balaban J connectivity index is 1.26. The first-order valence-corrected chi connectivity index (χ1v) is 12.4. The fraction of sp³-hybridized carbons (Fsp3) is 0.290. The minimum Gasteiger partial charge on any atom is -0.492 e. The summed E-state index contributed by atoms with van der Waals surface area (Å²) in [6.45, 7) is 4.24. The summed E-state index contributed by atoms with van der Waals surface area (Å²) < 4.78 is 6.06. The standard InChI is InChI=1S/C31H31NO/c1-4-17-32(18-5-1)19-20-33-27-15-13-24(14-16-27)29-10-6-8-25-21-26-12-11-23-7-2-3-9-28(23)31(26)22-30(25)29/h2-3,6-11,13-16,21-22,29H,1,4-5,12,17-20H2. The van der Waals surface area contributed by atoms with E-state index in [0.717, 1.165) is 25.3 Å². The maximum Gasteiger partial charge on any atom is 0.119 e. The zero-order valence-electron chi connectivity index (χ0n) is 19.2. The van der Waals surface area contributed by atoms with E-state index in [2.05, 4.69) is 89.9 Å². The van der Waals surface area contributed by atoms with Crippen molar-refractivity contribution in [2.75, 3.05) is 26.2 Å². The molecule has 0 N–H and O–H groups in total. The van der Waals surface area contributed by atoms with E-state index in [0.29, 0.717) is 0 Å². The predicted octanol–water partition coefficient (Wildman–Crippen LogP) is 4.66. The third kappa shape index (κ3) is 4.16. The molecular formula is C31H31NO. The van der Waals surface area contributed by atoms with Crippen molar-refractivity contribution in [3.05, 3.63) is 110 Å². The SMILES string of the molecule is C1=CC(c2ccc(OCCN3CCCCC3)cc2)c2cc3c(cc2=C1)CC=c1ccccc1=3. The van der Waals surface area contributed by atoms with Crippen LogP contribution in [0, 0.1) is 10.4 Å². The highest BCUT2D eigenvalue weighted by molar-refractivity contribution is 5.54. The summed E-state index contributed by atoms with van der Waals surface area (Å²) in [4.78, 5) is 2.52. The predicted molar refractivity (Wildman–Crippen MR) is 136 cm³/mol. The third-order valence-electron chi connectivity index (χ3n) is 7.38. The van der Waals surface area contributed by atoms with E-state index in [-0.39, 0.29) is 5.92 Å². The number of fused-ring (bicyclic) bond motifs is 3. The van der Waals surface area contributed by atoms with Crippen LogP contribution in [0.15, 0.2) is 72.8 Å². The average Bonchev–Trinajstić information content (AvgIpc) is 2.88. The molecular weight excluding hydrogens is 402 g/mol. The van der Waals surface area contributed by atoms with Crippen LogP contribution in [0.3, 0.4) is 0 Å². The molecule has 1 saturated heterocycles. The molecule has 0 amide bonds. The summed E-state index contributed by atoms with van der Waals surface area (Å²) in [5.41, 5.74) is 4.14. The fourth-order valence-corrected chi connectivity index (χ4v) is 5.57. The first kappa shape index (κ1) is 20.5. The van der Waals surface area contributed by atoms with Gasteiger partial charge in [-0.15, -0.1) is 0 Å². The van der Waals surface area contributed by atoms with Gasteiger partial charge in [-0.05, 0) is 88.1 Å². The minimum atomic E-state index is 0.274. The Bertz CT molecular complexity index is 1390. The molecule has 0 radical (unpaired) electrons. The Morgan fingerprint density at radius 2 is 1.70 bits per heavy atom. The van der Waals surface area contributed by atoms with E-state index in [1.807, 2.05) is 0 Å². The smallest absolute Gasteiger partial charge is 0.119 e. The van der Waals surface area contributed by atoms with Crippen LogP contribution in [0.25, 0.3) is 12.2 Å². The van der Waals surface area contributed by atoms with Gasteiger partial charge in [-0.1, -0.05) is 73.2 Å². The summed E-state index contributed by atoms with van der Waals surface area (Å²) in [7, 11) is 0. The monoisotopic (exact) mass is 433 g/mol. The molecule has 3 aromatic rings. The van der Waals surface area contributed by atoms with Gasteiger partial charge < -0.3 is 4.74 Å². The van der Waals surface area contributed by atoms with Crippen molar-refractivity contribution < 1.29 is 4.74 Å². The van der Waals surface area contributed by atoms with Crippen LogP contribution in [-0.2, 0) is 6.42 Å². The number of benzene rings is 3. The third-order valence-corrected chi connectivity index (χ3v) is 7.38. The van der Waals surface area contributed by atoms with Crippen LogP contribution >= 0.6 is 0 Å². The van der Waals surface area contributed by atoms with Crippen LogP contribution in [0.5, 0.6) is 5.75 Å². The maximum atomic E-state index is 6.06. The molecule has 1 fully saturated rings. The molecule has 1 heterocycles. The largest absolute Gasteiger partial charge is 0.492 e. The van der Waals surface area contributed by atoms with Gasteiger partial charge in [-0.3, -0.25) is 4.90 Å². The molecule has 2 heteroatoms. The molecule has 1 aliphatic heterocycles. The topological polar surface area (TPSA) is 12.5 Å². The molecule has 0 saturated carbocycles. The molecule has 0 spiro atoms. The Hall–Kier alpha value is -3.10. The highest BCUT2D eigenvalue weighted by atomic mass is 16.5. The molecule has 1 unspecified atom stereocenters. The van der Waals surface area contributed by atoms with Crippen LogP contribution in [0.2, 0.25) is 0 Å². The molecule has 33 heavy (non-hydrogen) atoms. The quantitative estimate of drug-likeness (QED) is 0.580. The van der Waals surface area contributed by atoms with Crippen molar-refractivity contribution in [2.24, 2.45) is 0 Å². The van der Waals surface area contributed by atoms with Gasteiger partial charge in [0.25, 0.3) is 0 Å². The van der Waals surface area contributed by atoms with E-state index in [9.17, 15) is 0 Å². The molecule has 3 aromatic carbocycles. The highest BCUT2D eigenvalue weighted by Gasteiger charge is 2.17. The maximum absolute atomic E-state index is 6.06. The molecule has 0 bridgehead atoms. The summed E-state index contributed by atoms with van der Waals surface area (Å²) in [5.74, 6) is 1.24. The Morgan fingerprint density at radius 3 is 2.58 bits per heavy atom. The van der Waals surface area contributed by atoms with Crippen LogP contribution in [-0.4, -0.2) is 31.1 Å². The fourth-order valence-electron chi connectivity index (χ4n) is 5.57. The van der Waals surface area contributed by atoms with E-state index < -0.39 is 0 Å². The van der Waals surface area contributed by atoms with Crippen LogP contribution < -0.4 is 15.2 Å². The van der Waals surface area contributed by atoms with Crippen LogP contribution in [0.1, 0.15) is 41.9 Å². The lowest BCUT2D eigenvalue weighted by molar-refractivity contribution is 0.183. The van der Waals surface area contributed by atoms with Gasteiger partial charge in [0.05, 0.1) is 0 Å². The van der Waals surface area contributed by atoms with E-state index in [4.69, 9.17) is 4.74 Å². The first-order chi connectivity index (χ1) is 16.3. The van der Waals surface area contributed by atoms with Crippen LogP contribution in [0.4, 0.5) is 0 Å². The summed E-state index contributed by atoms with van der Waals surface area (Å²) in [6.07, 6.45) is 14.2. The highest BCUT2D eigenvalue weighted by Crippen LogP contribution is 2.28. The Morgan fingerprint density at radius 1 is 0.848 bits per heavy atom. The molecule has 166 valence electrons. The molecule has 2 nitrogen and oxygen atoms in total. The summed E-state index contributed by atoms with van der Waals surface area (Å²) >= 11 is 0. The van der Waals surface area contributed by atoms with Gasteiger partial charge in [0.1, 0.15) is 12.4 Å². The van der Waals surface area contributed by atoms with E-state index in [1.165, 1.54) is 69.9 Å². The number of piperidine rings is 1. The summed E-state index contributed by atoms with van der Waals surface area (Å²) in [6, 6.07) is 22.3. The van der Waals surface area contributed by atoms with Gasteiger partial charge in [0.15, 0.2) is 0 Å². The number of allylic oxidation sites excluding steroid dienone is 2. The second-order valence-corrected chi connectivity index (χ2v) is 9.48. The van der Waals surface area contributed by atoms with Crippen molar-refractivity contribution in [2.45, 2.75) is 31.6 Å². The zero-order chi connectivity index (χ0) is 22.0.